The van der Waals surface area contributed by atoms with E-state index in [9.17, 15) is 8.42 Å². The number of hydrogen-bond donors (Lipinski definition) is 0. The summed E-state index contributed by atoms with van der Waals surface area (Å²) in [7, 11) is -2.64. The normalized spacial score (nSPS) is 11.6. The molecule has 3 aromatic carbocycles. The zero-order valence-electron chi connectivity index (χ0n) is 16.2. The van der Waals surface area contributed by atoms with Gasteiger partial charge in [0.25, 0.3) is 0 Å². The fraction of sp³-hybridized carbons (Fsp3) is 0.136. The lowest BCUT2D eigenvalue weighted by Gasteiger charge is -2.13. The number of rotatable bonds is 6. The average molecular weight is 430 g/mol. The van der Waals surface area contributed by atoms with Crippen LogP contribution in [0.2, 0.25) is 5.02 Å². The second-order valence-electron chi connectivity index (χ2n) is 6.48. The molecule has 0 fully saturated rings. The Morgan fingerprint density at radius 2 is 1.52 bits per heavy atom. The van der Waals surface area contributed by atoms with E-state index in [1.165, 1.54) is 19.2 Å². The molecule has 3 aromatic rings. The van der Waals surface area contributed by atoms with Crippen LogP contribution in [0.4, 0.5) is 5.69 Å². The number of nitrogens with zero attached hydrogens (tertiary/aromatic N) is 1. The van der Waals surface area contributed by atoms with Gasteiger partial charge in [0.05, 0.1) is 17.8 Å². The van der Waals surface area contributed by atoms with Gasteiger partial charge < -0.3 is 8.92 Å². The van der Waals surface area contributed by atoms with Crippen molar-refractivity contribution >= 4 is 33.6 Å². The number of methoxy groups -OCH3 is 1. The van der Waals surface area contributed by atoms with Crippen LogP contribution >= 0.6 is 11.6 Å². The molecule has 3 rings (SSSR count). The summed E-state index contributed by atoms with van der Waals surface area (Å²) in [5.74, 6) is 0.126. The topological polar surface area (TPSA) is 65.0 Å². The predicted molar refractivity (Wildman–Crippen MR) is 115 cm³/mol. The van der Waals surface area contributed by atoms with Crippen molar-refractivity contribution in [1.82, 2.24) is 0 Å². The van der Waals surface area contributed by atoms with E-state index in [1.807, 2.05) is 38.1 Å². The van der Waals surface area contributed by atoms with Gasteiger partial charge in [-0.2, -0.15) is 8.42 Å². The second kappa shape index (κ2) is 8.68. The summed E-state index contributed by atoms with van der Waals surface area (Å²) in [5.41, 5.74) is 3.52. The highest BCUT2D eigenvalue weighted by Gasteiger charge is 2.22. The summed E-state index contributed by atoms with van der Waals surface area (Å²) in [4.78, 5) is 4.43. The summed E-state index contributed by atoms with van der Waals surface area (Å²) >= 11 is 6.30. The molecule has 0 bridgehead atoms. The van der Waals surface area contributed by atoms with Gasteiger partial charge in [0, 0.05) is 6.21 Å². The monoisotopic (exact) mass is 429 g/mol. The first-order valence-corrected chi connectivity index (χ1v) is 10.6. The van der Waals surface area contributed by atoms with Crippen LogP contribution in [-0.4, -0.2) is 21.7 Å². The molecule has 29 heavy (non-hydrogen) atoms. The molecule has 0 saturated carbocycles. The molecular weight excluding hydrogens is 410 g/mol. The lowest BCUT2D eigenvalue weighted by atomic mass is 10.2. The zero-order valence-corrected chi connectivity index (χ0v) is 17.8. The van der Waals surface area contributed by atoms with Gasteiger partial charge >= 0.3 is 10.1 Å². The van der Waals surface area contributed by atoms with E-state index in [0.29, 0.717) is 5.56 Å². The summed E-state index contributed by atoms with van der Waals surface area (Å²) in [5, 5.41) is 0.102. The number of halogens is 1. The van der Waals surface area contributed by atoms with Crippen LogP contribution in [0.15, 0.2) is 70.6 Å². The largest absolute Gasteiger partial charge is 0.493 e. The maximum absolute atomic E-state index is 12.6. The van der Waals surface area contributed by atoms with Crippen LogP contribution < -0.4 is 8.92 Å². The lowest BCUT2D eigenvalue weighted by molar-refractivity contribution is 0.390. The van der Waals surface area contributed by atoms with Crippen molar-refractivity contribution in [2.75, 3.05) is 7.11 Å². The maximum Gasteiger partial charge on any atom is 0.339 e. The standard InChI is InChI=1S/C22H20ClNO4S/c1-15-4-8-18(9-5-15)24-14-17-12-20(23)22(21(13-17)27-3)28-29(25,26)19-10-6-16(2)7-11-19/h4-14H,1-3H3. The Bertz CT molecular complexity index is 1140. The molecule has 0 spiro atoms. The molecule has 0 radical (unpaired) electrons. The zero-order chi connectivity index (χ0) is 21.0. The fourth-order valence-corrected chi connectivity index (χ4v) is 3.80. The molecule has 0 atom stereocenters. The van der Waals surface area contributed by atoms with Crippen LogP contribution in [0, 0.1) is 13.8 Å². The van der Waals surface area contributed by atoms with Crippen LogP contribution in [0.3, 0.4) is 0 Å². The van der Waals surface area contributed by atoms with Crippen molar-refractivity contribution in [2.45, 2.75) is 18.7 Å². The van der Waals surface area contributed by atoms with Gasteiger partial charge in [-0.05, 0) is 55.8 Å². The minimum absolute atomic E-state index is 0.0335. The highest BCUT2D eigenvalue weighted by atomic mass is 35.5. The Kier molecular flexibility index (Phi) is 6.25. The SMILES string of the molecule is COc1cc(C=Nc2ccc(C)cc2)cc(Cl)c1OS(=O)(=O)c1ccc(C)cc1. The Morgan fingerprint density at radius 3 is 2.10 bits per heavy atom. The van der Waals surface area contributed by atoms with E-state index in [0.717, 1.165) is 16.8 Å². The summed E-state index contributed by atoms with van der Waals surface area (Å²) < 4.78 is 35.8. The molecule has 150 valence electrons. The Hall–Kier alpha value is -2.83. The summed E-state index contributed by atoms with van der Waals surface area (Å²) in [6.07, 6.45) is 1.62. The molecule has 7 heteroatoms. The second-order valence-corrected chi connectivity index (χ2v) is 8.43. The number of aryl methyl sites for hydroxylation is 2. The third-order valence-corrected chi connectivity index (χ3v) is 5.67. The minimum Gasteiger partial charge on any atom is -0.493 e. The minimum atomic E-state index is -4.06. The van der Waals surface area contributed by atoms with Crippen molar-refractivity contribution in [2.24, 2.45) is 4.99 Å². The molecule has 0 saturated heterocycles. The predicted octanol–water partition coefficient (Wildman–Crippen LogP) is 5.48. The number of ether oxygens (including phenoxy) is 1. The first-order chi connectivity index (χ1) is 13.8. The van der Waals surface area contributed by atoms with E-state index in [-0.39, 0.29) is 21.4 Å². The first-order valence-electron chi connectivity index (χ1n) is 8.78. The molecule has 5 nitrogen and oxygen atoms in total. The van der Waals surface area contributed by atoms with Crippen LogP contribution in [0.5, 0.6) is 11.5 Å². The molecule has 0 amide bonds. The van der Waals surface area contributed by atoms with Crippen molar-refractivity contribution in [3.8, 4) is 11.5 Å². The highest BCUT2D eigenvalue weighted by molar-refractivity contribution is 7.87. The Balaban J connectivity index is 1.90. The lowest BCUT2D eigenvalue weighted by Crippen LogP contribution is -2.11. The van der Waals surface area contributed by atoms with Crippen LogP contribution in [0.25, 0.3) is 0 Å². The number of benzene rings is 3. The summed E-state index contributed by atoms with van der Waals surface area (Å²) in [6, 6.07) is 17.3. The number of hydrogen-bond acceptors (Lipinski definition) is 5. The molecule has 0 aliphatic heterocycles. The molecule has 0 heterocycles. The van der Waals surface area contributed by atoms with Gasteiger partial charge in [0.1, 0.15) is 4.90 Å². The van der Waals surface area contributed by atoms with Crippen LogP contribution in [-0.2, 0) is 10.1 Å². The summed E-state index contributed by atoms with van der Waals surface area (Å²) in [6.45, 7) is 3.87. The molecule has 0 aliphatic rings. The van der Waals surface area contributed by atoms with Gasteiger partial charge in [-0.25, -0.2) is 0 Å². The Morgan fingerprint density at radius 1 is 0.931 bits per heavy atom. The Labute approximate surface area is 175 Å². The van der Waals surface area contributed by atoms with Gasteiger partial charge in [-0.15, -0.1) is 0 Å². The molecular formula is C22H20ClNO4S. The quantitative estimate of drug-likeness (QED) is 0.384. The smallest absolute Gasteiger partial charge is 0.339 e. The highest BCUT2D eigenvalue weighted by Crippen LogP contribution is 2.38. The van der Waals surface area contributed by atoms with Crippen molar-refractivity contribution in [3.05, 3.63) is 82.4 Å². The molecule has 0 aromatic heterocycles. The molecule has 0 unspecified atom stereocenters. The van der Waals surface area contributed by atoms with E-state index in [2.05, 4.69) is 4.99 Å². The van der Waals surface area contributed by atoms with Gasteiger partial charge in [0.2, 0.25) is 5.75 Å². The van der Waals surface area contributed by atoms with Gasteiger partial charge in [-0.3, -0.25) is 4.99 Å². The van der Waals surface area contributed by atoms with E-state index in [4.69, 9.17) is 20.5 Å². The molecule has 0 aliphatic carbocycles. The molecule has 0 N–H and O–H groups in total. The van der Waals surface area contributed by atoms with Gasteiger partial charge in [0.15, 0.2) is 5.75 Å². The van der Waals surface area contributed by atoms with Crippen LogP contribution in [0.1, 0.15) is 16.7 Å². The van der Waals surface area contributed by atoms with Gasteiger partial charge in [-0.1, -0.05) is 47.0 Å². The van der Waals surface area contributed by atoms with Crippen molar-refractivity contribution < 1.29 is 17.3 Å². The first kappa shape index (κ1) is 20.9. The van der Waals surface area contributed by atoms with E-state index in [1.54, 1.807) is 30.5 Å². The van der Waals surface area contributed by atoms with Crippen molar-refractivity contribution in [3.63, 3.8) is 0 Å². The number of aliphatic imine (C=N–C) groups is 1. The van der Waals surface area contributed by atoms with E-state index < -0.39 is 10.1 Å². The fourth-order valence-electron chi connectivity index (χ4n) is 2.54. The van der Waals surface area contributed by atoms with E-state index >= 15 is 0 Å². The maximum atomic E-state index is 12.6. The van der Waals surface area contributed by atoms with Crippen molar-refractivity contribution in [1.29, 1.82) is 0 Å². The average Bonchev–Trinajstić information content (AvgIpc) is 2.69. The third-order valence-electron chi connectivity index (χ3n) is 4.15. The third kappa shape index (κ3) is 5.16.